The van der Waals surface area contributed by atoms with Crippen molar-refractivity contribution in [3.63, 3.8) is 0 Å². The predicted molar refractivity (Wildman–Crippen MR) is 116 cm³/mol. The fourth-order valence-electron chi connectivity index (χ4n) is 2.57. The first kappa shape index (κ1) is 19.7. The maximum atomic E-state index is 12.5. The van der Waals surface area contributed by atoms with E-state index in [1.807, 2.05) is 29.7 Å². The number of thiophene rings is 1. The Morgan fingerprint density at radius 2 is 2.11 bits per heavy atom. The molecule has 1 aliphatic heterocycles. The lowest BCUT2D eigenvalue weighted by Gasteiger charge is -2.14. The number of nitrogens with zero attached hydrogens (tertiary/aromatic N) is 2. The van der Waals surface area contributed by atoms with Crippen LogP contribution in [0.3, 0.4) is 0 Å². The number of aromatic nitrogens is 1. The third-order valence-electron chi connectivity index (χ3n) is 3.91. The third-order valence-corrected chi connectivity index (χ3v) is 6.11. The molecule has 1 fully saturated rings. The number of thiocarbonyl (C=S) groups is 1. The highest BCUT2D eigenvalue weighted by Crippen LogP contribution is 2.33. The van der Waals surface area contributed by atoms with Crippen LogP contribution in [-0.2, 0) is 9.59 Å². The Kier molecular flexibility index (Phi) is 7.14. The van der Waals surface area contributed by atoms with Crippen LogP contribution in [0, 0.1) is 0 Å². The van der Waals surface area contributed by atoms with E-state index in [0.29, 0.717) is 28.0 Å². The second kappa shape index (κ2) is 9.77. The van der Waals surface area contributed by atoms with Gasteiger partial charge in [-0.3, -0.25) is 14.5 Å². The highest BCUT2D eigenvalue weighted by Gasteiger charge is 2.31. The zero-order chi connectivity index (χ0) is 19.1. The van der Waals surface area contributed by atoms with Gasteiger partial charge in [-0.05, 0) is 42.5 Å². The summed E-state index contributed by atoms with van der Waals surface area (Å²) in [5.74, 6) is 0.502. The Balaban J connectivity index is 1.38. The van der Waals surface area contributed by atoms with E-state index < -0.39 is 0 Å². The first-order chi connectivity index (χ1) is 13.1. The summed E-state index contributed by atoms with van der Waals surface area (Å²) in [7, 11) is 0. The lowest BCUT2D eigenvalue weighted by Crippen LogP contribution is -2.29. The van der Waals surface area contributed by atoms with Crippen LogP contribution in [0.4, 0.5) is 5.82 Å². The summed E-state index contributed by atoms with van der Waals surface area (Å²) in [6.07, 6.45) is 6.41. The van der Waals surface area contributed by atoms with Crippen LogP contribution in [0.2, 0.25) is 0 Å². The van der Waals surface area contributed by atoms with Gasteiger partial charge in [0, 0.05) is 24.0 Å². The molecule has 0 aliphatic carbocycles. The number of pyridine rings is 1. The van der Waals surface area contributed by atoms with Crippen LogP contribution < -0.4 is 5.32 Å². The number of hydrogen-bond acceptors (Lipinski definition) is 6. The topological polar surface area (TPSA) is 62.3 Å². The quantitative estimate of drug-likeness (QED) is 0.388. The van der Waals surface area contributed by atoms with E-state index in [0.717, 1.165) is 24.1 Å². The molecular formula is C19H19N3O2S3. The van der Waals surface area contributed by atoms with Gasteiger partial charge in [-0.2, -0.15) is 0 Å². The van der Waals surface area contributed by atoms with Crippen molar-refractivity contribution in [3.8, 4) is 0 Å². The number of anilines is 1. The Labute approximate surface area is 171 Å². The Morgan fingerprint density at radius 1 is 1.22 bits per heavy atom. The van der Waals surface area contributed by atoms with Crippen LogP contribution in [-0.4, -0.2) is 32.6 Å². The van der Waals surface area contributed by atoms with E-state index in [1.165, 1.54) is 11.8 Å². The van der Waals surface area contributed by atoms with Crippen molar-refractivity contribution >= 4 is 63.3 Å². The molecule has 2 amide bonds. The molecule has 0 aromatic carbocycles. The molecule has 1 saturated heterocycles. The predicted octanol–water partition coefficient (Wildman–Crippen LogP) is 4.54. The Morgan fingerprint density at radius 3 is 2.85 bits per heavy atom. The van der Waals surface area contributed by atoms with E-state index in [4.69, 9.17) is 12.2 Å². The molecular weight excluding hydrogens is 398 g/mol. The van der Waals surface area contributed by atoms with Gasteiger partial charge in [0.2, 0.25) is 5.91 Å². The highest BCUT2D eigenvalue weighted by atomic mass is 32.2. The smallest absolute Gasteiger partial charge is 0.266 e. The minimum atomic E-state index is -0.0433. The molecule has 8 heteroatoms. The number of unbranched alkanes of at least 4 members (excludes halogenated alkanes) is 2. The molecule has 0 radical (unpaired) electrons. The average Bonchev–Trinajstić information content (AvgIpc) is 3.26. The van der Waals surface area contributed by atoms with E-state index in [-0.39, 0.29) is 11.8 Å². The number of carbonyl (C=O) groups is 2. The lowest BCUT2D eigenvalue weighted by molar-refractivity contribution is -0.122. The number of amides is 2. The molecule has 0 unspecified atom stereocenters. The van der Waals surface area contributed by atoms with E-state index in [2.05, 4.69) is 10.3 Å². The second-order valence-electron chi connectivity index (χ2n) is 5.92. The lowest BCUT2D eigenvalue weighted by atomic mass is 10.2. The van der Waals surface area contributed by atoms with Crippen LogP contribution in [0.15, 0.2) is 46.8 Å². The van der Waals surface area contributed by atoms with Crippen molar-refractivity contribution in [1.29, 1.82) is 0 Å². The van der Waals surface area contributed by atoms with Gasteiger partial charge in [-0.25, -0.2) is 4.98 Å². The molecule has 140 valence electrons. The fraction of sp³-hybridized carbons (Fsp3) is 0.263. The monoisotopic (exact) mass is 417 g/mol. The first-order valence-corrected chi connectivity index (χ1v) is 10.7. The third kappa shape index (κ3) is 5.72. The molecule has 0 spiro atoms. The van der Waals surface area contributed by atoms with Crippen molar-refractivity contribution in [2.24, 2.45) is 0 Å². The van der Waals surface area contributed by atoms with Gasteiger partial charge < -0.3 is 5.32 Å². The number of carbonyl (C=O) groups excluding carboxylic acids is 2. The van der Waals surface area contributed by atoms with E-state index in [1.54, 1.807) is 34.6 Å². The van der Waals surface area contributed by atoms with Crippen molar-refractivity contribution in [2.45, 2.75) is 25.7 Å². The molecule has 3 rings (SSSR count). The first-order valence-electron chi connectivity index (χ1n) is 8.63. The minimum Gasteiger partial charge on any atom is -0.311 e. The fourth-order valence-corrected chi connectivity index (χ4v) is 4.60. The molecule has 2 aromatic rings. The minimum absolute atomic E-state index is 0.0219. The number of rotatable bonds is 8. The summed E-state index contributed by atoms with van der Waals surface area (Å²) in [5.41, 5.74) is 0. The summed E-state index contributed by atoms with van der Waals surface area (Å²) in [6.45, 7) is 0.592. The molecule has 5 nitrogen and oxygen atoms in total. The van der Waals surface area contributed by atoms with Gasteiger partial charge in [-0.15, -0.1) is 11.3 Å². The van der Waals surface area contributed by atoms with E-state index in [9.17, 15) is 9.59 Å². The van der Waals surface area contributed by atoms with Crippen molar-refractivity contribution < 1.29 is 9.59 Å². The van der Waals surface area contributed by atoms with Gasteiger partial charge in [0.1, 0.15) is 10.1 Å². The summed E-state index contributed by atoms with van der Waals surface area (Å²) >= 11 is 8.29. The SMILES string of the molecule is O=C(CCCCCN1C(=O)/C(=C\c2cccs2)SC1=S)Nc1ccccn1. The Bertz CT molecular complexity index is 835. The summed E-state index contributed by atoms with van der Waals surface area (Å²) in [5, 5.41) is 4.75. The van der Waals surface area contributed by atoms with Crippen molar-refractivity contribution in [2.75, 3.05) is 11.9 Å². The second-order valence-corrected chi connectivity index (χ2v) is 8.58. The highest BCUT2D eigenvalue weighted by molar-refractivity contribution is 8.26. The Hall–Kier alpha value is -2.03. The molecule has 27 heavy (non-hydrogen) atoms. The van der Waals surface area contributed by atoms with Gasteiger partial charge in [0.15, 0.2) is 0 Å². The van der Waals surface area contributed by atoms with Gasteiger partial charge >= 0.3 is 0 Å². The molecule has 2 aromatic heterocycles. The molecule has 0 bridgehead atoms. The molecule has 3 heterocycles. The van der Waals surface area contributed by atoms with Gasteiger partial charge in [0.05, 0.1) is 4.91 Å². The van der Waals surface area contributed by atoms with Crippen LogP contribution in [0.25, 0.3) is 6.08 Å². The zero-order valence-electron chi connectivity index (χ0n) is 14.6. The summed E-state index contributed by atoms with van der Waals surface area (Å²) in [6, 6.07) is 9.34. The van der Waals surface area contributed by atoms with Gasteiger partial charge in [-0.1, -0.05) is 42.5 Å². The maximum Gasteiger partial charge on any atom is 0.266 e. The largest absolute Gasteiger partial charge is 0.311 e. The van der Waals surface area contributed by atoms with Gasteiger partial charge in [0.25, 0.3) is 5.91 Å². The van der Waals surface area contributed by atoms with Crippen LogP contribution >= 0.6 is 35.3 Å². The van der Waals surface area contributed by atoms with Crippen molar-refractivity contribution in [1.82, 2.24) is 9.88 Å². The van der Waals surface area contributed by atoms with E-state index >= 15 is 0 Å². The molecule has 0 saturated carbocycles. The number of hydrogen-bond donors (Lipinski definition) is 1. The van der Waals surface area contributed by atoms with Crippen LogP contribution in [0.5, 0.6) is 0 Å². The molecule has 1 N–H and O–H groups in total. The number of nitrogens with one attached hydrogen (secondary N) is 1. The maximum absolute atomic E-state index is 12.5. The summed E-state index contributed by atoms with van der Waals surface area (Å²) in [4.78, 5) is 31.8. The average molecular weight is 418 g/mol. The van der Waals surface area contributed by atoms with Crippen molar-refractivity contribution in [3.05, 3.63) is 51.7 Å². The molecule has 0 atom stereocenters. The van der Waals surface area contributed by atoms with Crippen LogP contribution in [0.1, 0.15) is 30.6 Å². The summed E-state index contributed by atoms with van der Waals surface area (Å²) < 4.78 is 0.607. The zero-order valence-corrected chi connectivity index (χ0v) is 17.0. The normalized spacial score (nSPS) is 15.6. The standard InChI is InChI=1S/C19H19N3O2S3/c23-17(21-16-8-3-4-10-20-16)9-2-1-5-11-22-18(24)15(27-19(22)25)13-14-7-6-12-26-14/h3-4,6-8,10,12-13H,1-2,5,9,11H2,(H,20,21,23)/b15-13+. The number of thioether (sulfide) groups is 1. The molecule has 1 aliphatic rings.